The zero-order valence-electron chi connectivity index (χ0n) is 13.7. The van der Waals surface area contributed by atoms with E-state index in [2.05, 4.69) is 23.8 Å². The van der Waals surface area contributed by atoms with Gasteiger partial charge in [-0.15, -0.1) is 0 Å². The standard InChI is InChI=1S/C17H20N2O3S/c1-5-21-16(20)14-10-18-17(23-4)19-15(14)22-13-8-6-12(7-9-13)11(2)3/h6-11H,5H2,1-4H3. The molecule has 1 heterocycles. The number of rotatable bonds is 6. The first kappa shape index (κ1) is 17.3. The molecule has 0 saturated heterocycles. The highest BCUT2D eigenvalue weighted by Gasteiger charge is 2.18. The molecule has 0 spiro atoms. The average molecular weight is 332 g/mol. The predicted molar refractivity (Wildman–Crippen MR) is 90.4 cm³/mol. The van der Waals surface area contributed by atoms with Crippen LogP contribution in [0.5, 0.6) is 11.6 Å². The highest BCUT2D eigenvalue weighted by molar-refractivity contribution is 7.98. The van der Waals surface area contributed by atoms with Gasteiger partial charge in [0.05, 0.1) is 6.61 Å². The molecular weight excluding hydrogens is 312 g/mol. The van der Waals surface area contributed by atoms with E-state index in [4.69, 9.17) is 9.47 Å². The van der Waals surface area contributed by atoms with Crippen LogP contribution in [0.1, 0.15) is 42.6 Å². The van der Waals surface area contributed by atoms with Crippen molar-refractivity contribution >= 4 is 17.7 Å². The van der Waals surface area contributed by atoms with Crippen LogP contribution in [0.2, 0.25) is 0 Å². The van der Waals surface area contributed by atoms with E-state index in [1.807, 2.05) is 30.5 Å². The number of carbonyl (C=O) groups excluding carboxylic acids is 1. The van der Waals surface area contributed by atoms with Gasteiger partial charge in [0.15, 0.2) is 5.16 Å². The van der Waals surface area contributed by atoms with Crippen LogP contribution in [0, 0.1) is 0 Å². The third-order valence-corrected chi connectivity index (χ3v) is 3.73. The number of carbonyl (C=O) groups is 1. The lowest BCUT2D eigenvalue weighted by Gasteiger charge is -2.11. The summed E-state index contributed by atoms with van der Waals surface area (Å²) in [7, 11) is 0. The van der Waals surface area contributed by atoms with Gasteiger partial charge in [0.2, 0.25) is 5.88 Å². The summed E-state index contributed by atoms with van der Waals surface area (Å²) >= 11 is 1.38. The van der Waals surface area contributed by atoms with Crippen molar-refractivity contribution in [1.29, 1.82) is 0 Å². The summed E-state index contributed by atoms with van der Waals surface area (Å²) < 4.78 is 10.8. The van der Waals surface area contributed by atoms with E-state index in [9.17, 15) is 4.79 Å². The van der Waals surface area contributed by atoms with Crippen molar-refractivity contribution < 1.29 is 14.3 Å². The Morgan fingerprint density at radius 3 is 2.52 bits per heavy atom. The van der Waals surface area contributed by atoms with Gasteiger partial charge in [-0.3, -0.25) is 0 Å². The molecule has 0 bridgehead atoms. The first-order valence-electron chi connectivity index (χ1n) is 7.41. The van der Waals surface area contributed by atoms with E-state index in [0.29, 0.717) is 16.8 Å². The number of nitrogens with zero attached hydrogens (tertiary/aromatic N) is 2. The average Bonchev–Trinajstić information content (AvgIpc) is 2.55. The molecular formula is C17H20N2O3S. The summed E-state index contributed by atoms with van der Waals surface area (Å²) in [6, 6.07) is 7.73. The Labute approximate surface area is 140 Å². The van der Waals surface area contributed by atoms with Crippen molar-refractivity contribution in [3.8, 4) is 11.6 Å². The van der Waals surface area contributed by atoms with Gasteiger partial charge in [-0.25, -0.2) is 9.78 Å². The maximum atomic E-state index is 12.0. The molecule has 1 aromatic carbocycles. The third-order valence-electron chi connectivity index (χ3n) is 3.17. The third kappa shape index (κ3) is 4.45. The largest absolute Gasteiger partial charge is 0.462 e. The first-order chi connectivity index (χ1) is 11.0. The van der Waals surface area contributed by atoms with Crippen LogP contribution in [0.25, 0.3) is 0 Å². The summed E-state index contributed by atoms with van der Waals surface area (Å²) in [6.45, 7) is 6.29. The number of esters is 1. The van der Waals surface area contributed by atoms with Gasteiger partial charge in [0.25, 0.3) is 0 Å². The van der Waals surface area contributed by atoms with Crippen LogP contribution < -0.4 is 4.74 Å². The smallest absolute Gasteiger partial charge is 0.345 e. The predicted octanol–water partition coefficient (Wildman–Crippen LogP) is 4.29. The van der Waals surface area contributed by atoms with Crippen LogP contribution in [0.4, 0.5) is 0 Å². The second-order valence-electron chi connectivity index (χ2n) is 5.12. The SMILES string of the molecule is CCOC(=O)c1cnc(SC)nc1Oc1ccc(C(C)C)cc1. The van der Waals surface area contributed by atoms with E-state index in [1.54, 1.807) is 6.92 Å². The fraction of sp³-hybridized carbons (Fsp3) is 0.353. The lowest BCUT2D eigenvalue weighted by Crippen LogP contribution is -2.09. The lowest BCUT2D eigenvalue weighted by molar-refractivity contribution is 0.0521. The van der Waals surface area contributed by atoms with Crippen molar-refractivity contribution in [2.45, 2.75) is 31.8 Å². The molecule has 0 saturated carbocycles. The van der Waals surface area contributed by atoms with Crippen LogP contribution in [-0.4, -0.2) is 28.8 Å². The zero-order chi connectivity index (χ0) is 16.8. The molecule has 0 amide bonds. The van der Waals surface area contributed by atoms with Crippen molar-refractivity contribution in [2.75, 3.05) is 12.9 Å². The topological polar surface area (TPSA) is 61.3 Å². The quantitative estimate of drug-likeness (QED) is 0.447. The van der Waals surface area contributed by atoms with Crippen LogP contribution in [-0.2, 0) is 4.74 Å². The highest BCUT2D eigenvalue weighted by atomic mass is 32.2. The van der Waals surface area contributed by atoms with Crippen molar-refractivity contribution in [3.63, 3.8) is 0 Å². The second-order valence-corrected chi connectivity index (χ2v) is 5.90. The molecule has 5 nitrogen and oxygen atoms in total. The maximum absolute atomic E-state index is 12.0. The fourth-order valence-corrected chi connectivity index (χ4v) is 2.24. The summed E-state index contributed by atoms with van der Waals surface area (Å²) in [6.07, 6.45) is 3.30. The van der Waals surface area contributed by atoms with Gasteiger partial charge in [0.1, 0.15) is 11.3 Å². The highest BCUT2D eigenvalue weighted by Crippen LogP contribution is 2.27. The normalized spacial score (nSPS) is 10.7. The lowest BCUT2D eigenvalue weighted by atomic mass is 10.0. The first-order valence-corrected chi connectivity index (χ1v) is 8.63. The summed E-state index contributed by atoms with van der Waals surface area (Å²) in [5.41, 5.74) is 1.44. The van der Waals surface area contributed by atoms with Crippen molar-refractivity contribution in [1.82, 2.24) is 9.97 Å². The van der Waals surface area contributed by atoms with Crippen molar-refractivity contribution in [3.05, 3.63) is 41.6 Å². The Morgan fingerprint density at radius 2 is 1.96 bits per heavy atom. The Kier molecular flexibility index (Phi) is 5.98. The van der Waals surface area contributed by atoms with E-state index in [0.717, 1.165) is 0 Å². The molecule has 0 aliphatic carbocycles. The molecule has 122 valence electrons. The molecule has 0 N–H and O–H groups in total. The number of hydrogen-bond donors (Lipinski definition) is 0. The van der Waals surface area contributed by atoms with E-state index in [1.165, 1.54) is 23.5 Å². The molecule has 23 heavy (non-hydrogen) atoms. The van der Waals surface area contributed by atoms with Crippen molar-refractivity contribution in [2.24, 2.45) is 0 Å². The second kappa shape index (κ2) is 7.97. The monoisotopic (exact) mass is 332 g/mol. The summed E-state index contributed by atoms with van der Waals surface area (Å²) in [5, 5.41) is 0.534. The molecule has 0 unspecified atom stereocenters. The molecule has 0 radical (unpaired) electrons. The molecule has 2 aromatic rings. The van der Waals surface area contributed by atoms with Crippen LogP contribution in [0.15, 0.2) is 35.6 Å². The number of benzene rings is 1. The number of hydrogen-bond acceptors (Lipinski definition) is 6. The molecule has 0 aliphatic heterocycles. The number of aromatic nitrogens is 2. The zero-order valence-corrected chi connectivity index (χ0v) is 14.5. The Hall–Kier alpha value is -2.08. The van der Waals surface area contributed by atoms with E-state index in [-0.39, 0.29) is 18.1 Å². The van der Waals surface area contributed by atoms with Gasteiger partial charge in [-0.2, -0.15) is 4.98 Å². The molecule has 2 rings (SSSR count). The number of thioether (sulfide) groups is 1. The Morgan fingerprint density at radius 1 is 1.26 bits per heavy atom. The maximum Gasteiger partial charge on any atom is 0.345 e. The van der Waals surface area contributed by atoms with Crippen LogP contribution in [0.3, 0.4) is 0 Å². The Bertz CT molecular complexity index is 672. The summed E-state index contributed by atoms with van der Waals surface area (Å²) in [5.74, 6) is 0.779. The molecule has 0 aliphatic rings. The van der Waals surface area contributed by atoms with Gasteiger partial charge >= 0.3 is 5.97 Å². The minimum Gasteiger partial charge on any atom is -0.462 e. The van der Waals surface area contributed by atoms with Gasteiger partial charge in [0, 0.05) is 6.20 Å². The Balaban J connectivity index is 2.30. The van der Waals surface area contributed by atoms with Gasteiger partial charge < -0.3 is 9.47 Å². The molecule has 0 fully saturated rings. The molecule has 0 atom stereocenters. The van der Waals surface area contributed by atoms with E-state index < -0.39 is 5.97 Å². The minimum atomic E-state index is -0.492. The van der Waals surface area contributed by atoms with E-state index >= 15 is 0 Å². The van der Waals surface area contributed by atoms with Gasteiger partial charge in [-0.1, -0.05) is 37.7 Å². The minimum absolute atomic E-state index is 0.208. The fourth-order valence-electron chi connectivity index (χ4n) is 1.91. The number of ether oxygens (including phenoxy) is 2. The van der Waals surface area contributed by atoms with Crippen LogP contribution >= 0.6 is 11.8 Å². The van der Waals surface area contributed by atoms with Gasteiger partial charge in [-0.05, 0) is 36.8 Å². The molecule has 1 aromatic heterocycles. The molecule has 6 heteroatoms. The summed E-state index contributed by atoms with van der Waals surface area (Å²) in [4.78, 5) is 20.4.